The van der Waals surface area contributed by atoms with Crippen molar-refractivity contribution in [2.75, 3.05) is 24.5 Å². The Hall–Kier alpha value is -0.730. The Kier molecular flexibility index (Phi) is 6.38. The Balaban J connectivity index is 3.00. The fraction of sp³-hybridized carbons (Fsp3) is 0.571. The number of hydrogen-bond donors (Lipinski definition) is 1. The number of nitrogens with one attached hydrogen (secondary N) is 1. The first kappa shape index (κ1) is 14.3. The Morgan fingerprint density at radius 2 is 2.00 bits per heavy atom. The molecule has 0 amide bonds. The van der Waals surface area contributed by atoms with Gasteiger partial charge in [-0.25, -0.2) is 0 Å². The van der Waals surface area contributed by atoms with E-state index in [2.05, 4.69) is 37.1 Å². The van der Waals surface area contributed by atoms with E-state index in [4.69, 9.17) is 11.6 Å². The summed E-state index contributed by atoms with van der Waals surface area (Å²) >= 11 is 6.35. The summed E-state index contributed by atoms with van der Waals surface area (Å²) in [7, 11) is 0. The van der Waals surface area contributed by atoms with Gasteiger partial charge < -0.3 is 10.2 Å². The van der Waals surface area contributed by atoms with Crippen molar-refractivity contribution in [3.63, 3.8) is 0 Å². The zero-order chi connectivity index (χ0) is 12.7. The molecule has 0 aliphatic carbocycles. The van der Waals surface area contributed by atoms with Crippen molar-refractivity contribution in [1.82, 2.24) is 5.32 Å². The number of rotatable bonds is 7. The van der Waals surface area contributed by atoms with Gasteiger partial charge in [0.05, 0.1) is 10.7 Å². The van der Waals surface area contributed by atoms with Crippen LogP contribution in [0.3, 0.4) is 0 Å². The molecule has 1 aromatic carbocycles. The molecule has 96 valence electrons. The van der Waals surface area contributed by atoms with Crippen molar-refractivity contribution >= 4 is 17.3 Å². The Bertz CT molecular complexity index is 339. The van der Waals surface area contributed by atoms with Crippen LogP contribution in [0.5, 0.6) is 0 Å². The number of hydrogen-bond acceptors (Lipinski definition) is 2. The van der Waals surface area contributed by atoms with Crippen molar-refractivity contribution < 1.29 is 0 Å². The zero-order valence-corrected chi connectivity index (χ0v) is 11.8. The lowest BCUT2D eigenvalue weighted by molar-refractivity contribution is 0.716. The first-order valence-electron chi connectivity index (χ1n) is 6.47. The third kappa shape index (κ3) is 3.90. The molecular weight excluding hydrogens is 232 g/mol. The highest BCUT2D eigenvalue weighted by Crippen LogP contribution is 2.30. The molecule has 3 heteroatoms. The maximum absolute atomic E-state index is 6.35. The van der Waals surface area contributed by atoms with Crippen LogP contribution in [-0.4, -0.2) is 19.6 Å². The lowest BCUT2D eigenvalue weighted by Crippen LogP contribution is -2.26. The number of anilines is 1. The van der Waals surface area contributed by atoms with E-state index in [1.807, 2.05) is 12.1 Å². The quantitative estimate of drug-likeness (QED) is 0.799. The van der Waals surface area contributed by atoms with Gasteiger partial charge in [0.2, 0.25) is 0 Å². The van der Waals surface area contributed by atoms with E-state index in [-0.39, 0.29) is 0 Å². The van der Waals surface area contributed by atoms with E-state index in [0.717, 1.165) is 37.6 Å². The summed E-state index contributed by atoms with van der Waals surface area (Å²) in [5, 5.41) is 4.23. The molecular formula is C14H23ClN2. The summed E-state index contributed by atoms with van der Waals surface area (Å²) in [5.41, 5.74) is 2.48. The van der Waals surface area contributed by atoms with Crippen LogP contribution in [0, 0.1) is 0 Å². The van der Waals surface area contributed by atoms with Gasteiger partial charge in [-0.15, -0.1) is 0 Å². The summed E-state index contributed by atoms with van der Waals surface area (Å²) < 4.78 is 0. The average molecular weight is 255 g/mol. The molecule has 0 fully saturated rings. The van der Waals surface area contributed by atoms with Crippen LogP contribution >= 0.6 is 11.6 Å². The second kappa shape index (κ2) is 7.57. The van der Waals surface area contributed by atoms with Crippen molar-refractivity contribution in [3.8, 4) is 0 Å². The minimum absolute atomic E-state index is 0.857. The van der Waals surface area contributed by atoms with Gasteiger partial charge in [-0.05, 0) is 31.5 Å². The Labute approximate surface area is 110 Å². The van der Waals surface area contributed by atoms with Crippen LogP contribution in [0.15, 0.2) is 18.2 Å². The van der Waals surface area contributed by atoms with Gasteiger partial charge in [0.25, 0.3) is 0 Å². The van der Waals surface area contributed by atoms with Gasteiger partial charge in [-0.2, -0.15) is 0 Å². The first-order chi connectivity index (χ1) is 8.24. The molecule has 0 saturated heterocycles. The molecule has 0 heterocycles. The molecule has 1 rings (SSSR count). The Morgan fingerprint density at radius 1 is 1.24 bits per heavy atom. The molecule has 1 aromatic rings. The highest BCUT2D eigenvalue weighted by atomic mass is 35.5. The second-order valence-corrected chi connectivity index (χ2v) is 4.51. The molecule has 0 saturated carbocycles. The molecule has 2 nitrogen and oxygen atoms in total. The third-order valence-corrected chi connectivity index (χ3v) is 3.13. The standard InChI is InChI=1S/C14H23ClN2/c1-4-10-17(6-3)14-12(11-16-5-2)8-7-9-13(14)15/h7-9,16H,4-6,10-11H2,1-3H3. The third-order valence-electron chi connectivity index (χ3n) is 2.83. The van der Waals surface area contributed by atoms with Crippen LogP contribution in [-0.2, 0) is 6.54 Å². The maximum atomic E-state index is 6.35. The number of halogens is 1. The van der Waals surface area contributed by atoms with Gasteiger partial charge in [-0.3, -0.25) is 0 Å². The first-order valence-corrected chi connectivity index (χ1v) is 6.85. The molecule has 0 bridgehead atoms. The van der Waals surface area contributed by atoms with Crippen LogP contribution < -0.4 is 10.2 Å². The number of para-hydroxylation sites is 1. The summed E-state index contributed by atoms with van der Waals surface area (Å²) in [6.45, 7) is 10.4. The summed E-state index contributed by atoms with van der Waals surface area (Å²) in [6.07, 6.45) is 1.14. The molecule has 0 aromatic heterocycles. The van der Waals surface area contributed by atoms with Crippen LogP contribution in [0.2, 0.25) is 5.02 Å². The van der Waals surface area contributed by atoms with Crippen LogP contribution in [0.4, 0.5) is 5.69 Å². The normalized spacial score (nSPS) is 10.6. The predicted molar refractivity (Wildman–Crippen MR) is 77.0 cm³/mol. The predicted octanol–water partition coefficient (Wildman–Crippen LogP) is 3.69. The largest absolute Gasteiger partial charge is 0.370 e. The number of nitrogens with zero attached hydrogens (tertiary/aromatic N) is 1. The van der Waals surface area contributed by atoms with Crippen molar-refractivity contribution in [3.05, 3.63) is 28.8 Å². The zero-order valence-electron chi connectivity index (χ0n) is 11.1. The van der Waals surface area contributed by atoms with Crippen LogP contribution in [0.25, 0.3) is 0 Å². The molecule has 0 aliphatic heterocycles. The maximum Gasteiger partial charge on any atom is 0.0642 e. The monoisotopic (exact) mass is 254 g/mol. The lowest BCUT2D eigenvalue weighted by Gasteiger charge is -2.26. The van der Waals surface area contributed by atoms with E-state index in [9.17, 15) is 0 Å². The van der Waals surface area contributed by atoms with Crippen molar-refractivity contribution in [2.45, 2.75) is 33.7 Å². The molecule has 1 N–H and O–H groups in total. The van der Waals surface area contributed by atoms with Gasteiger partial charge >= 0.3 is 0 Å². The van der Waals surface area contributed by atoms with Gasteiger partial charge in [-0.1, -0.05) is 37.6 Å². The summed E-state index contributed by atoms with van der Waals surface area (Å²) in [6, 6.07) is 6.16. The van der Waals surface area contributed by atoms with E-state index < -0.39 is 0 Å². The SMILES string of the molecule is CCCN(CC)c1c(Cl)cccc1CNCC. The van der Waals surface area contributed by atoms with Gasteiger partial charge in [0, 0.05) is 19.6 Å². The molecule has 17 heavy (non-hydrogen) atoms. The number of benzene rings is 1. The van der Waals surface area contributed by atoms with E-state index in [1.165, 1.54) is 11.3 Å². The molecule has 0 unspecified atom stereocenters. The van der Waals surface area contributed by atoms with Crippen LogP contribution in [0.1, 0.15) is 32.8 Å². The van der Waals surface area contributed by atoms with Gasteiger partial charge in [0.15, 0.2) is 0 Å². The highest BCUT2D eigenvalue weighted by Gasteiger charge is 2.12. The molecule has 0 aliphatic rings. The van der Waals surface area contributed by atoms with E-state index >= 15 is 0 Å². The minimum atomic E-state index is 0.857. The van der Waals surface area contributed by atoms with E-state index in [1.54, 1.807) is 0 Å². The van der Waals surface area contributed by atoms with Crippen molar-refractivity contribution in [2.24, 2.45) is 0 Å². The van der Waals surface area contributed by atoms with Gasteiger partial charge in [0.1, 0.15) is 0 Å². The fourth-order valence-corrected chi connectivity index (χ4v) is 2.33. The molecule has 0 atom stereocenters. The summed E-state index contributed by atoms with van der Waals surface area (Å²) in [5.74, 6) is 0. The lowest BCUT2D eigenvalue weighted by atomic mass is 10.1. The smallest absolute Gasteiger partial charge is 0.0642 e. The highest BCUT2D eigenvalue weighted by molar-refractivity contribution is 6.33. The second-order valence-electron chi connectivity index (χ2n) is 4.11. The van der Waals surface area contributed by atoms with Crippen molar-refractivity contribution in [1.29, 1.82) is 0 Å². The topological polar surface area (TPSA) is 15.3 Å². The minimum Gasteiger partial charge on any atom is -0.370 e. The molecule has 0 radical (unpaired) electrons. The Morgan fingerprint density at radius 3 is 2.59 bits per heavy atom. The van der Waals surface area contributed by atoms with E-state index in [0.29, 0.717) is 0 Å². The molecule has 0 spiro atoms. The summed E-state index contributed by atoms with van der Waals surface area (Å²) in [4.78, 5) is 2.36. The average Bonchev–Trinajstić information content (AvgIpc) is 2.34. The fourth-order valence-electron chi connectivity index (χ4n) is 2.01.